The van der Waals surface area contributed by atoms with Gasteiger partial charge in [-0.15, -0.1) is 0 Å². The number of hydrogen-bond donors (Lipinski definition) is 3. The van der Waals surface area contributed by atoms with E-state index >= 15 is 0 Å². The lowest BCUT2D eigenvalue weighted by atomic mass is 9.82. The molecule has 1 heterocycles. The van der Waals surface area contributed by atoms with E-state index in [-0.39, 0.29) is 23.9 Å². The predicted molar refractivity (Wildman–Crippen MR) is 73.3 cm³/mol. The molecule has 108 valence electrons. The standard InChI is InChI=1S/C14H25N3O2/c15-9-5-4-8-11-13(18)17-12(14(19)16-11)10-6-2-1-3-7-10/h10-12H,1-9,15H2,(H,16,19)(H,17,18)/t11-,12-/m0/s1. The van der Waals surface area contributed by atoms with Crippen LogP contribution in [0.1, 0.15) is 51.4 Å². The highest BCUT2D eigenvalue weighted by atomic mass is 16.2. The first-order valence-corrected chi connectivity index (χ1v) is 7.53. The second-order valence-electron chi connectivity index (χ2n) is 5.73. The highest BCUT2D eigenvalue weighted by Gasteiger charge is 2.37. The molecule has 2 aliphatic rings. The molecule has 1 aliphatic carbocycles. The van der Waals surface area contributed by atoms with E-state index in [9.17, 15) is 9.59 Å². The zero-order valence-corrected chi connectivity index (χ0v) is 11.5. The summed E-state index contributed by atoms with van der Waals surface area (Å²) in [6, 6.07) is -0.669. The minimum Gasteiger partial charge on any atom is -0.343 e. The van der Waals surface area contributed by atoms with Gasteiger partial charge in [0.25, 0.3) is 0 Å². The third-order valence-corrected chi connectivity index (χ3v) is 4.28. The van der Waals surface area contributed by atoms with Crippen LogP contribution in [-0.2, 0) is 9.59 Å². The van der Waals surface area contributed by atoms with Crippen molar-refractivity contribution in [3.8, 4) is 0 Å². The van der Waals surface area contributed by atoms with Gasteiger partial charge in [0.1, 0.15) is 12.1 Å². The van der Waals surface area contributed by atoms with Crippen molar-refractivity contribution in [2.45, 2.75) is 63.5 Å². The number of amides is 2. The Hall–Kier alpha value is -1.10. The highest BCUT2D eigenvalue weighted by molar-refractivity contribution is 5.97. The second-order valence-corrected chi connectivity index (χ2v) is 5.73. The fourth-order valence-electron chi connectivity index (χ4n) is 3.14. The van der Waals surface area contributed by atoms with Crippen molar-refractivity contribution in [3.63, 3.8) is 0 Å². The Morgan fingerprint density at radius 2 is 1.74 bits per heavy atom. The van der Waals surface area contributed by atoms with Crippen LogP contribution in [0.2, 0.25) is 0 Å². The number of carbonyl (C=O) groups is 2. The van der Waals surface area contributed by atoms with E-state index in [0.29, 0.717) is 18.9 Å². The Balaban J connectivity index is 1.86. The van der Waals surface area contributed by atoms with Crippen LogP contribution in [-0.4, -0.2) is 30.4 Å². The van der Waals surface area contributed by atoms with E-state index in [1.165, 1.54) is 19.3 Å². The molecule has 2 fully saturated rings. The molecule has 0 aromatic heterocycles. The third kappa shape index (κ3) is 3.69. The lowest BCUT2D eigenvalue weighted by Crippen LogP contribution is -2.63. The van der Waals surface area contributed by atoms with Gasteiger partial charge >= 0.3 is 0 Å². The largest absolute Gasteiger partial charge is 0.343 e. The van der Waals surface area contributed by atoms with Gasteiger partial charge in [0, 0.05) is 0 Å². The first-order chi connectivity index (χ1) is 9.22. The number of rotatable bonds is 5. The van der Waals surface area contributed by atoms with Gasteiger partial charge in [-0.2, -0.15) is 0 Å². The molecule has 2 rings (SSSR count). The number of nitrogens with two attached hydrogens (primary N) is 1. The summed E-state index contributed by atoms with van der Waals surface area (Å²) in [5.41, 5.74) is 5.44. The third-order valence-electron chi connectivity index (χ3n) is 4.28. The number of carbonyl (C=O) groups excluding carboxylic acids is 2. The first kappa shape index (κ1) is 14.3. The quantitative estimate of drug-likeness (QED) is 0.640. The maximum Gasteiger partial charge on any atom is 0.243 e. The van der Waals surface area contributed by atoms with Gasteiger partial charge in [0.05, 0.1) is 0 Å². The van der Waals surface area contributed by atoms with Crippen molar-refractivity contribution in [2.75, 3.05) is 6.54 Å². The van der Waals surface area contributed by atoms with Gasteiger partial charge in [0.15, 0.2) is 0 Å². The van der Waals surface area contributed by atoms with Crippen LogP contribution in [0.15, 0.2) is 0 Å². The molecular weight excluding hydrogens is 242 g/mol. The first-order valence-electron chi connectivity index (χ1n) is 7.53. The van der Waals surface area contributed by atoms with Gasteiger partial charge in [-0.25, -0.2) is 0 Å². The van der Waals surface area contributed by atoms with Crippen LogP contribution in [0.4, 0.5) is 0 Å². The lowest BCUT2D eigenvalue weighted by Gasteiger charge is -2.35. The summed E-state index contributed by atoms with van der Waals surface area (Å²) in [7, 11) is 0. The Morgan fingerprint density at radius 3 is 2.42 bits per heavy atom. The van der Waals surface area contributed by atoms with Gasteiger partial charge in [-0.1, -0.05) is 19.3 Å². The lowest BCUT2D eigenvalue weighted by molar-refractivity contribution is -0.138. The molecule has 5 heteroatoms. The minimum atomic E-state index is -0.362. The summed E-state index contributed by atoms with van der Waals surface area (Å²) in [4.78, 5) is 24.2. The molecule has 0 aromatic rings. The summed E-state index contributed by atoms with van der Waals surface area (Å²) >= 11 is 0. The molecule has 1 saturated heterocycles. The molecule has 0 aromatic carbocycles. The van der Waals surface area contributed by atoms with E-state index in [1.54, 1.807) is 0 Å². The van der Waals surface area contributed by atoms with Crippen LogP contribution < -0.4 is 16.4 Å². The molecule has 0 unspecified atom stereocenters. The summed E-state index contributed by atoms with van der Waals surface area (Å²) < 4.78 is 0. The summed E-state index contributed by atoms with van der Waals surface area (Å²) in [6.45, 7) is 0.632. The SMILES string of the molecule is NCCCC[C@@H]1NC(=O)[C@H](C2CCCCC2)NC1=O. The van der Waals surface area contributed by atoms with Crippen LogP contribution in [0.5, 0.6) is 0 Å². The number of piperazine rings is 1. The molecule has 0 spiro atoms. The maximum absolute atomic E-state index is 12.1. The zero-order valence-electron chi connectivity index (χ0n) is 11.5. The molecule has 0 radical (unpaired) electrons. The van der Waals surface area contributed by atoms with Gasteiger partial charge in [0.2, 0.25) is 11.8 Å². The summed E-state index contributed by atoms with van der Waals surface area (Å²) in [5, 5.41) is 5.81. The zero-order chi connectivity index (χ0) is 13.7. The van der Waals surface area contributed by atoms with Crippen LogP contribution in [0.25, 0.3) is 0 Å². The maximum atomic E-state index is 12.1. The van der Waals surface area contributed by atoms with Crippen molar-refractivity contribution in [1.82, 2.24) is 10.6 Å². The van der Waals surface area contributed by atoms with E-state index in [0.717, 1.165) is 25.7 Å². The molecule has 2 amide bonds. The number of unbranched alkanes of at least 4 members (excludes halogenated alkanes) is 1. The Kier molecular flexibility index (Phi) is 5.19. The van der Waals surface area contributed by atoms with Gasteiger partial charge in [-0.05, 0) is 44.6 Å². The Morgan fingerprint density at radius 1 is 1.00 bits per heavy atom. The highest BCUT2D eigenvalue weighted by Crippen LogP contribution is 2.27. The molecule has 19 heavy (non-hydrogen) atoms. The minimum absolute atomic E-state index is 0.00393. The van der Waals surface area contributed by atoms with E-state index in [1.807, 2.05) is 0 Å². The average Bonchev–Trinajstić information content (AvgIpc) is 2.43. The smallest absolute Gasteiger partial charge is 0.243 e. The van der Waals surface area contributed by atoms with Crippen molar-refractivity contribution < 1.29 is 9.59 Å². The van der Waals surface area contributed by atoms with Crippen molar-refractivity contribution in [3.05, 3.63) is 0 Å². The molecule has 0 bridgehead atoms. The van der Waals surface area contributed by atoms with Crippen molar-refractivity contribution in [2.24, 2.45) is 11.7 Å². The van der Waals surface area contributed by atoms with E-state index in [2.05, 4.69) is 10.6 Å². The van der Waals surface area contributed by atoms with Crippen LogP contribution in [0, 0.1) is 5.92 Å². The summed E-state index contributed by atoms with van der Waals surface area (Å²) in [6.07, 6.45) is 8.15. The number of nitrogens with one attached hydrogen (secondary N) is 2. The monoisotopic (exact) mass is 267 g/mol. The molecule has 4 N–H and O–H groups in total. The fourth-order valence-corrected chi connectivity index (χ4v) is 3.14. The molecule has 1 aliphatic heterocycles. The Labute approximate surface area is 114 Å². The molecular formula is C14H25N3O2. The van der Waals surface area contributed by atoms with Gasteiger partial charge < -0.3 is 16.4 Å². The normalized spacial score (nSPS) is 28.9. The van der Waals surface area contributed by atoms with Crippen LogP contribution in [0.3, 0.4) is 0 Å². The molecule has 1 saturated carbocycles. The molecule has 5 nitrogen and oxygen atoms in total. The van der Waals surface area contributed by atoms with E-state index in [4.69, 9.17) is 5.73 Å². The van der Waals surface area contributed by atoms with Crippen LogP contribution >= 0.6 is 0 Å². The Bertz CT molecular complexity index is 327. The van der Waals surface area contributed by atoms with E-state index < -0.39 is 0 Å². The number of hydrogen-bond acceptors (Lipinski definition) is 3. The molecule has 2 atom stereocenters. The van der Waals surface area contributed by atoms with Crippen molar-refractivity contribution >= 4 is 11.8 Å². The fraction of sp³-hybridized carbons (Fsp3) is 0.857. The van der Waals surface area contributed by atoms with Crippen molar-refractivity contribution in [1.29, 1.82) is 0 Å². The predicted octanol–water partition coefficient (Wildman–Crippen LogP) is 0.679. The second kappa shape index (κ2) is 6.89. The summed E-state index contributed by atoms with van der Waals surface area (Å²) in [5.74, 6) is 0.305. The van der Waals surface area contributed by atoms with Gasteiger partial charge in [-0.3, -0.25) is 9.59 Å². The topological polar surface area (TPSA) is 84.2 Å². The average molecular weight is 267 g/mol.